The first kappa shape index (κ1) is 18.6. The third-order valence-electron chi connectivity index (χ3n) is 4.77. The number of phenols is 1. The summed E-state index contributed by atoms with van der Waals surface area (Å²) < 4.78 is 0. The quantitative estimate of drug-likeness (QED) is 0.674. The average molecular weight is 325 g/mol. The van der Waals surface area contributed by atoms with Gasteiger partial charge in [0.2, 0.25) is 0 Å². The Labute approximate surface area is 147 Å². The first-order chi connectivity index (χ1) is 11.0. The van der Waals surface area contributed by atoms with Crippen LogP contribution in [0.5, 0.6) is 5.75 Å². The van der Waals surface area contributed by atoms with Gasteiger partial charge in [-0.25, -0.2) is 0 Å². The molecule has 1 unspecified atom stereocenters. The van der Waals surface area contributed by atoms with E-state index in [9.17, 15) is 5.11 Å². The van der Waals surface area contributed by atoms with Crippen LogP contribution in [0.15, 0.2) is 42.5 Å². The molecule has 2 aromatic rings. The lowest BCUT2D eigenvalue weighted by Crippen LogP contribution is -2.26. The molecule has 0 heterocycles. The van der Waals surface area contributed by atoms with E-state index < -0.39 is 0 Å². The summed E-state index contributed by atoms with van der Waals surface area (Å²) in [4.78, 5) is 0. The molecule has 0 saturated heterocycles. The van der Waals surface area contributed by atoms with Crippen LogP contribution in [-0.2, 0) is 5.41 Å². The number of aryl methyl sites for hydroxylation is 1. The minimum atomic E-state index is 0.116. The molecule has 0 saturated carbocycles. The summed E-state index contributed by atoms with van der Waals surface area (Å²) >= 11 is 0. The van der Waals surface area contributed by atoms with Crippen LogP contribution in [0.25, 0.3) is 0 Å². The highest BCUT2D eigenvalue weighted by Gasteiger charge is 2.30. The molecule has 0 aliphatic heterocycles. The van der Waals surface area contributed by atoms with Crippen molar-refractivity contribution >= 4 is 0 Å². The van der Waals surface area contributed by atoms with Gasteiger partial charge < -0.3 is 5.11 Å². The van der Waals surface area contributed by atoms with E-state index in [-0.39, 0.29) is 10.8 Å². The van der Waals surface area contributed by atoms with Gasteiger partial charge in [0.1, 0.15) is 5.75 Å². The zero-order valence-electron chi connectivity index (χ0n) is 16.3. The van der Waals surface area contributed by atoms with E-state index in [1.807, 2.05) is 12.1 Å². The van der Waals surface area contributed by atoms with Crippen molar-refractivity contribution in [2.45, 2.75) is 66.2 Å². The highest BCUT2D eigenvalue weighted by molar-refractivity contribution is 5.44. The molecule has 1 atom stereocenters. The fourth-order valence-corrected chi connectivity index (χ4v) is 4.00. The van der Waals surface area contributed by atoms with Crippen molar-refractivity contribution in [3.63, 3.8) is 0 Å². The van der Waals surface area contributed by atoms with Gasteiger partial charge >= 0.3 is 0 Å². The first-order valence-electron chi connectivity index (χ1n) is 8.89. The molecule has 0 fully saturated rings. The minimum absolute atomic E-state index is 0.116. The topological polar surface area (TPSA) is 20.2 Å². The average Bonchev–Trinajstić information content (AvgIpc) is 2.45. The molecule has 0 aromatic heterocycles. The van der Waals surface area contributed by atoms with Gasteiger partial charge in [-0.3, -0.25) is 0 Å². The fourth-order valence-electron chi connectivity index (χ4n) is 4.00. The van der Waals surface area contributed by atoms with Gasteiger partial charge in [0.25, 0.3) is 0 Å². The van der Waals surface area contributed by atoms with Crippen molar-refractivity contribution in [3.05, 3.63) is 64.7 Å². The molecular formula is C23H32O. The second-order valence-electron chi connectivity index (χ2n) is 9.03. The lowest BCUT2D eigenvalue weighted by molar-refractivity contribution is 0.282. The predicted molar refractivity (Wildman–Crippen MR) is 104 cm³/mol. The summed E-state index contributed by atoms with van der Waals surface area (Å²) in [7, 11) is 0. The molecular weight excluding hydrogens is 292 g/mol. The summed E-state index contributed by atoms with van der Waals surface area (Å²) in [5.74, 6) is 0.628. The number of aromatic hydroxyl groups is 1. The summed E-state index contributed by atoms with van der Waals surface area (Å²) in [6.45, 7) is 16.1. The molecule has 1 heteroatoms. The van der Waals surface area contributed by atoms with Crippen LogP contribution in [0.3, 0.4) is 0 Å². The monoisotopic (exact) mass is 324 g/mol. The van der Waals surface area contributed by atoms with Crippen molar-refractivity contribution in [2.24, 2.45) is 5.41 Å². The largest absolute Gasteiger partial charge is 0.508 e. The zero-order chi connectivity index (χ0) is 18.1. The van der Waals surface area contributed by atoms with Crippen LogP contribution >= 0.6 is 0 Å². The maximum atomic E-state index is 9.56. The molecule has 0 bridgehead atoms. The van der Waals surface area contributed by atoms with Crippen LogP contribution < -0.4 is 0 Å². The molecule has 1 N–H and O–H groups in total. The Morgan fingerprint density at radius 1 is 0.917 bits per heavy atom. The fraction of sp³-hybridized carbons (Fsp3) is 0.478. The Kier molecular flexibility index (Phi) is 5.13. The molecule has 130 valence electrons. The van der Waals surface area contributed by atoms with Gasteiger partial charge in [0.15, 0.2) is 0 Å². The van der Waals surface area contributed by atoms with E-state index in [1.54, 1.807) is 12.1 Å². The lowest BCUT2D eigenvalue weighted by atomic mass is 9.69. The molecule has 0 amide bonds. The molecule has 0 spiro atoms. The second-order valence-corrected chi connectivity index (χ2v) is 9.03. The van der Waals surface area contributed by atoms with E-state index >= 15 is 0 Å². The normalized spacial score (nSPS) is 13.8. The van der Waals surface area contributed by atoms with Crippen LogP contribution in [0.2, 0.25) is 0 Å². The van der Waals surface area contributed by atoms with E-state index in [2.05, 4.69) is 66.7 Å². The van der Waals surface area contributed by atoms with Crippen molar-refractivity contribution in [1.82, 2.24) is 0 Å². The zero-order valence-corrected chi connectivity index (χ0v) is 16.3. The maximum absolute atomic E-state index is 9.56. The Bertz CT molecular complexity index is 687. The third kappa shape index (κ3) is 4.41. The summed E-state index contributed by atoms with van der Waals surface area (Å²) in [6.07, 6.45) is 1.14. The third-order valence-corrected chi connectivity index (χ3v) is 4.77. The van der Waals surface area contributed by atoms with Gasteiger partial charge in [-0.2, -0.15) is 0 Å². The van der Waals surface area contributed by atoms with Crippen LogP contribution in [-0.4, -0.2) is 5.11 Å². The van der Waals surface area contributed by atoms with Gasteiger partial charge in [-0.15, -0.1) is 0 Å². The van der Waals surface area contributed by atoms with Crippen LogP contribution in [0, 0.1) is 12.3 Å². The van der Waals surface area contributed by atoms with Crippen molar-refractivity contribution < 1.29 is 5.11 Å². The molecule has 2 rings (SSSR count). The Morgan fingerprint density at radius 2 is 1.50 bits per heavy atom. The Balaban J connectivity index is 2.49. The van der Waals surface area contributed by atoms with Gasteiger partial charge in [-0.1, -0.05) is 77.4 Å². The summed E-state index contributed by atoms with van der Waals surface area (Å²) in [5.41, 5.74) is 5.79. The van der Waals surface area contributed by atoms with Crippen molar-refractivity contribution in [2.75, 3.05) is 0 Å². The van der Waals surface area contributed by atoms with Gasteiger partial charge in [-0.05, 0) is 53.0 Å². The standard InChI is InChI=1S/C23H32O/c1-16-8-13-20(17(2)18-9-11-19(24)12-10-18)21(14-16)23(6,7)15-22(3,4)5/h8-14,17,24H,15H2,1-7H3. The Morgan fingerprint density at radius 3 is 2.04 bits per heavy atom. The molecule has 0 aliphatic carbocycles. The summed E-state index contributed by atoms with van der Waals surface area (Å²) in [5, 5.41) is 9.56. The second kappa shape index (κ2) is 6.63. The Hall–Kier alpha value is -1.76. The molecule has 0 radical (unpaired) electrons. The minimum Gasteiger partial charge on any atom is -0.508 e. The summed E-state index contributed by atoms with van der Waals surface area (Å²) in [6, 6.07) is 14.5. The molecule has 1 nitrogen and oxygen atoms in total. The molecule has 24 heavy (non-hydrogen) atoms. The van der Waals surface area contributed by atoms with Crippen molar-refractivity contribution in [1.29, 1.82) is 0 Å². The number of rotatable bonds is 4. The predicted octanol–water partition coefficient (Wildman–Crippen LogP) is 6.57. The number of phenolic OH excluding ortho intramolecular Hbond substituents is 1. The van der Waals surface area contributed by atoms with Gasteiger partial charge in [0, 0.05) is 5.92 Å². The van der Waals surface area contributed by atoms with Crippen LogP contribution in [0.1, 0.15) is 76.1 Å². The first-order valence-corrected chi connectivity index (χ1v) is 8.89. The number of hydrogen-bond acceptors (Lipinski definition) is 1. The number of benzene rings is 2. The maximum Gasteiger partial charge on any atom is 0.115 e. The highest BCUT2D eigenvalue weighted by atomic mass is 16.3. The van der Waals surface area contributed by atoms with E-state index in [0.29, 0.717) is 11.7 Å². The van der Waals surface area contributed by atoms with Crippen LogP contribution in [0.4, 0.5) is 0 Å². The SMILES string of the molecule is Cc1ccc(C(C)c2ccc(O)cc2)c(C(C)(C)CC(C)(C)C)c1. The molecule has 0 aliphatic rings. The smallest absolute Gasteiger partial charge is 0.115 e. The van der Waals surface area contributed by atoms with Crippen molar-refractivity contribution in [3.8, 4) is 5.75 Å². The number of hydrogen-bond donors (Lipinski definition) is 1. The molecule has 2 aromatic carbocycles. The van der Waals surface area contributed by atoms with E-state index in [0.717, 1.165) is 6.42 Å². The van der Waals surface area contributed by atoms with E-state index in [1.165, 1.54) is 22.3 Å². The highest BCUT2D eigenvalue weighted by Crippen LogP contribution is 2.41. The lowest BCUT2D eigenvalue weighted by Gasteiger charge is -2.36. The van der Waals surface area contributed by atoms with E-state index in [4.69, 9.17) is 0 Å². The van der Waals surface area contributed by atoms with Gasteiger partial charge in [0.05, 0.1) is 0 Å².